The number of furan rings is 1. The highest BCUT2D eigenvalue weighted by Crippen LogP contribution is 2.54. The van der Waals surface area contributed by atoms with Gasteiger partial charge in [0.2, 0.25) is 0 Å². The molecule has 0 radical (unpaired) electrons. The van der Waals surface area contributed by atoms with E-state index in [4.69, 9.17) is 11.0 Å². The molecule has 54 heavy (non-hydrogen) atoms. The van der Waals surface area contributed by atoms with E-state index in [0.717, 1.165) is 62.0 Å². The van der Waals surface area contributed by atoms with Crippen LogP contribution in [0.15, 0.2) is 181 Å². The maximum Gasteiger partial charge on any atom is 0.145 e. The van der Waals surface area contributed by atoms with Crippen molar-refractivity contribution in [1.82, 2.24) is 4.57 Å². The summed E-state index contributed by atoms with van der Waals surface area (Å²) < 4.78 is 9.20. The van der Waals surface area contributed by atoms with Crippen LogP contribution < -0.4 is 4.90 Å². The molecule has 1 atom stereocenters. The maximum atomic E-state index is 6.70. The third-order valence-corrected chi connectivity index (χ3v) is 12.1. The van der Waals surface area contributed by atoms with Crippen LogP contribution in [0.1, 0.15) is 43.0 Å². The van der Waals surface area contributed by atoms with Gasteiger partial charge in [0, 0.05) is 44.5 Å². The molecule has 8 aromatic rings. The lowest BCUT2D eigenvalue weighted by Gasteiger charge is -2.29. The molecule has 2 aliphatic carbocycles. The molecule has 3 heterocycles. The minimum Gasteiger partial charge on any atom is -0.455 e. The van der Waals surface area contributed by atoms with Crippen LogP contribution in [0.4, 0.5) is 11.4 Å². The maximum absolute atomic E-state index is 6.70. The van der Waals surface area contributed by atoms with Crippen LogP contribution in [-0.4, -0.2) is 4.57 Å². The van der Waals surface area contributed by atoms with Crippen molar-refractivity contribution in [3.63, 3.8) is 0 Å². The van der Waals surface area contributed by atoms with Crippen LogP contribution in [0.2, 0.25) is 0 Å². The quantitative estimate of drug-likeness (QED) is 0.184. The van der Waals surface area contributed by atoms with Crippen LogP contribution in [0.3, 0.4) is 0 Å². The number of nitrogens with zero attached hydrogens (tertiary/aromatic N) is 2. The molecule has 3 heteroatoms. The van der Waals surface area contributed by atoms with E-state index in [2.05, 4.69) is 187 Å². The minimum atomic E-state index is -0.144. The Bertz CT molecular complexity index is 3010. The summed E-state index contributed by atoms with van der Waals surface area (Å²) >= 11 is 0. The van der Waals surface area contributed by atoms with Crippen LogP contribution in [0.25, 0.3) is 66.0 Å². The molecule has 6 aromatic carbocycles. The van der Waals surface area contributed by atoms with Crippen LogP contribution in [0.5, 0.6) is 0 Å². The van der Waals surface area contributed by atoms with E-state index in [9.17, 15) is 0 Å². The summed E-state index contributed by atoms with van der Waals surface area (Å²) in [7, 11) is 0. The lowest BCUT2D eigenvalue weighted by atomic mass is 9.80. The molecule has 11 rings (SSSR count). The first-order valence-corrected chi connectivity index (χ1v) is 18.9. The number of aromatic nitrogens is 1. The van der Waals surface area contributed by atoms with E-state index >= 15 is 0 Å². The lowest BCUT2D eigenvalue weighted by Crippen LogP contribution is -2.18. The molecular formula is C51H38N2O. The van der Waals surface area contributed by atoms with Crippen molar-refractivity contribution in [1.29, 1.82) is 0 Å². The Balaban J connectivity index is 1.14. The fourth-order valence-electron chi connectivity index (χ4n) is 9.42. The molecule has 0 bridgehead atoms. The van der Waals surface area contributed by atoms with E-state index in [1.807, 2.05) is 0 Å². The van der Waals surface area contributed by atoms with Crippen molar-refractivity contribution in [3.8, 4) is 11.1 Å². The Kier molecular flexibility index (Phi) is 6.58. The molecule has 1 aliphatic heterocycles. The second-order valence-corrected chi connectivity index (χ2v) is 15.3. The summed E-state index contributed by atoms with van der Waals surface area (Å²) in [5.41, 5.74) is 16.0. The van der Waals surface area contributed by atoms with Gasteiger partial charge in [0.15, 0.2) is 0 Å². The predicted octanol–water partition coefficient (Wildman–Crippen LogP) is 13.8. The topological polar surface area (TPSA) is 21.3 Å². The zero-order valence-electron chi connectivity index (χ0n) is 30.4. The highest BCUT2D eigenvalue weighted by Gasteiger charge is 2.38. The molecule has 0 fully saturated rings. The normalized spacial score (nSPS) is 18.0. The first-order chi connectivity index (χ1) is 26.5. The molecule has 0 N–H and O–H groups in total. The Morgan fingerprint density at radius 3 is 2.35 bits per heavy atom. The number of anilines is 2. The number of fused-ring (bicyclic) bond motifs is 10. The van der Waals surface area contributed by atoms with Gasteiger partial charge in [-0.1, -0.05) is 124 Å². The van der Waals surface area contributed by atoms with Gasteiger partial charge in [0.25, 0.3) is 0 Å². The summed E-state index contributed by atoms with van der Waals surface area (Å²) in [4.78, 5) is 2.33. The zero-order chi connectivity index (χ0) is 36.1. The number of benzene rings is 6. The third kappa shape index (κ3) is 4.36. The van der Waals surface area contributed by atoms with Gasteiger partial charge in [0.1, 0.15) is 11.2 Å². The number of para-hydroxylation sites is 2. The van der Waals surface area contributed by atoms with Gasteiger partial charge in [-0.3, -0.25) is 0 Å². The highest BCUT2D eigenvalue weighted by atomic mass is 16.3. The Labute approximate surface area is 314 Å². The molecule has 2 aromatic heterocycles. The smallest absolute Gasteiger partial charge is 0.145 e. The molecule has 258 valence electrons. The SMILES string of the molecule is C=C1C2=C(/C=C\N(c3ccccc3)c3cc(-c4ccc5c(c4)c4c6oc7ccccc7c6ccc4n5C4C=CC=CC4)ccc31)C(C)(C)c1ccccc12. The van der Waals surface area contributed by atoms with Crippen molar-refractivity contribution >= 4 is 66.3 Å². The highest BCUT2D eigenvalue weighted by molar-refractivity contribution is 6.24. The van der Waals surface area contributed by atoms with Crippen molar-refractivity contribution in [2.45, 2.75) is 31.7 Å². The van der Waals surface area contributed by atoms with Gasteiger partial charge in [-0.15, -0.1) is 0 Å². The number of allylic oxidation sites excluding steroid dienone is 8. The summed E-state index contributed by atoms with van der Waals surface area (Å²) in [6.07, 6.45) is 14.4. The molecule has 3 nitrogen and oxygen atoms in total. The van der Waals surface area contributed by atoms with Gasteiger partial charge < -0.3 is 13.9 Å². The fourth-order valence-corrected chi connectivity index (χ4v) is 9.42. The molecule has 1 unspecified atom stereocenters. The molecule has 0 saturated heterocycles. The Morgan fingerprint density at radius 2 is 1.48 bits per heavy atom. The first-order valence-electron chi connectivity index (χ1n) is 18.9. The molecule has 0 saturated carbocycles. The summed E-state index contributed by atoms with van der Waals surface area (Å²) in [5, 5.41) is 4.66. The fraction of sp³-hybridized carbons (Fsp3) is 0.0980. The molecular weight excluding hydrogens is 657 g/mol. The summed E-state index contributed by atoms with van der Waals surface area (Å²) in [6, 6.07) is 46.5. The Hall–Kier alpha value is -6.58. The summed E-state index contributed by atoms with van der Waals surface area (Å²) in [6.45, 7) is 9.48. The number of hydrogen-bond donors (Lipinski definition) is 0. The first kappa shape index (κ1) is 31.0. The third-order valence-electron chi connectivity index (χ3n) is 12.1. The van der Waals surface area contributed by atoms with Crippen LogP contribution in [0, 0.1) is 0 Å². The van der Waals surface area contributed by atoms with Gasteiger partial charge >= 0.3 is 0 Å². The lowest BCUT2D eigenvalue weighted by molar-refractivity contribution is 0.647. The zero-order valence-corrected chi connectivity index (χ0v) is 30.4. The predicted molar refractivity (Wildman–Crippen MR) is 227 cm³/mol. The molecule has 0 amide bonds. The second-order valence-electron chi connectivity index (χ2n) is 15.3. The van der Waals surface area contributed by atoms with Crippen LogP contribution in [-0.2, 0) is 5.41 Å². The number of hydrogen-bond acceptors (Lipinski definition) is 2. The van der Waals surface area contributed by atoms with E-state index in [1.165, 1.54) is 44.1 Å². The van der Waals surface area contributed by atoms with Crippen molar-refractivity contribution in [2.24, 2.45) is 0 Å². The number of rotatable bonds is 3. The van der Waals surface area contributed by atoms with Gasteiger partial charge in [-0.25, -0.2) is 0 Å². The summed E-state index contributed by atoms with van der Waals surface area (Å²) in [5.74, 6) is 0. The van der Waals surface area contributed by atoms with E-state index in [-0.39, 0.29) is 11.5 Å². The Morgan fingerprint density at radius 1 is 0.704 bits per heavy atom. The monoisotopic (exact) mass is 694 g/mol. The minimum absolute atomic E-state index is 0.144. The van der Waals surface area contributed by atoms with Crippen molar-refractivity contribution in [2.75, 3.05) is 4.90 Å². The van der Waals surface area contributed by atoms with Gasteiger partial charge in [-0.05, 0) is 100 Å². The largest absolute Gasteiger partial charge is 0.455 e. The molecule has 0 spiro atoms. The van der Waals surface area contributed by atoms with E-state index < -0.39 is 0 Å². The average molecular weight is 695 g/mol. The van der Waals surface area contributed by atoms with Gasteiger partial charge in [-0.2, -0.15) is 0 Å². The average Bonchev–Trinajstić information content (AvgIpc) is 3.83. The standard InChI is InChI=1S/C51H38N2O/c1-32-37-24-22-34(31-46(37)52(35-14-6-4-7-15-35)29-28-43-48(32)40-19-10-12-20-42(40)51(43,2)3)33-23-26-44-41(30-33)49-45(53(44)36-16-8-5-9-17-36)27-25-39-38-18-11-13-21-47(38)54-50(39)49/h4-16,18-31,36H,1,17H2,2-3H3/b29-28-. The van der Waals surface area contributed by atoms with Crippen molar-refractivity contribution < 1.29 is 4.42 Å². The second kappa shape index (κ2) is 11.5. The van der Waals surface area contributed by atoms with Crippen molar-refractivity contribution in [3.05, 3.63) is 193 Å². The van der Waals surface area contributed by atoms with E-state index in [0.29, 0.717) is 0 Å². The molecule has 3 aliphatic rings. The van der Waals surface area contributed by atoms with E-state index in [1.54, 1.807) is 0 Å². The van der Waals surface area contributed by atoms with Gasteiger partial charge in [0.05, 0.1) is 22.6 Å². The van der Waals surface area contributed by atoms with Crippen LogP contribution >= 0.6 is 0 Å².